The maximum Gasteiger partial charge on any atom is 0.257 e. The highest BCUT2D eigenvalue weighted by molar-refractivity contribution is 7.80. The molecule has 4 rings (SSSR count). The van der Waals surface area contributed by atoms with Crippen LogP contribution in [0, 0.1) is 6.92 Å². The van der Waals surface area contributed by atoms with Gasteiger partial charge in [-0.25, -0.2) is 0 Å². The Hall–Kier alpha value is -3.08. The first-order chi connectivity index (χ1) is 14.4. The highest BCUT2D eigenvalue weighted by Gasteiger charge is 2.13. The highest BCUT2D eigenvalue weighted by atomic mass is 35.5. The first kappa shape index (κ1) is 20.2. The van der Waals surface area contributed by atoms with Crippen molar-refractivity contribution in [2.75, 3.05) is 12.4 Å². The average Bonchev–Trinajstić information content (AvgIpc) is 3.30. The third-order valence-electron chi connectivity index (χ3n) is 4.16. The molecule has 2 N–H and O–H groups in total. The lowest BCUT2D eigenvalue weighted by atomic mass is 10.2. The number of fused-ring (bicyclic) bond motifs is 1. The Morgan fingerprint density at radius 2 is 2.07 bits per heavy atom. The molecule has 30 heavy (non-hydrogen) atoms. The van der Waals surface area contributed by atoms with Crippen LogP contribution in [0.1, 0.15) is 16.2 Å². The summed E-state index contributed by atoms with van der Waals surface area (Å²) in [5.41, 5.74) is 1.98. The molecule has 2 aromatic heterocycles. The van der Waals surface area contributed by atoms with Crippen molar-refractivity contribution in [1.82, 2.24) is 25.1 Å². The van der Waals surface area contributed by atoms with E-state index in [0.717, 1.165) is 21.4 Å². The van der Waals surface area contributed by atoms with Crippen molar-refractivity contribution in [1.29, 1.82) is 0 Å². The van der Waals surface area contributed by atoms with Crippen molar-refractivity contribution in [2.24, 2.45) is 0 Å². The van der Waals surface area contributed by atoms with E-state index in [2.05, 4.69) is 25.9 Å². The van der Waals surface area contributed by atoms with Gasteiger partial charge in [-0.1, -0.05) is 35.1 Å². The number of carbonyl (C=O) groups is 1. The maximum absolute atomic E-state index is 12.4. The number of amides is 1. The van der Waals surface area contributed by atoms with Gasteiger partial charge in [0.25, 0.3) is 5.91 Å². The van der Waals surface area contributed by atoms with Crippen LogP contribution in [0.3, 0.4) is 0 Å². The second kappa shape index (κ2) is 8.34. The summed E-state index contributed by atoms with van der Waals surface area (Å²) in [4.78, 5) is 13.1. The number of rotatable bonds is 4. The predicted molar refractivity (Wildman–Crippen MR) is 121 cm³/mol. The average molecular weight is 459 g/mol. The predicted octanol–water partition coefficient (Wildman–Crippen LogP) is 3.95. The Bertz CT molecular complexity index is 1270. The molecule has 4 aromatic rings. The van der Waals surface area contributed by atoms with Crippen LogP contribution in [-0.2, 0) is 0 Å². The van der Waals surface area contributed by atoms with Gasteiger partial charge in [-0.05, 0) is 49.5 Å². The van der Waals surface area contributed by atoms with Crippen LogP contribution >= 0.6 is 35.2 Å². The van der Waals surface area contributed by atoms with Crippen molar-refractivity contribution in [3.8, 4) is 16.3 Å². The zero-order chi connectivity index (χ0) is 21.3. The molecule has 0 fully saturated rings. The Kier molecular flexibility index (Phi) is 5.62. The Labute approximate surface area is 185 Å². The van der Waals surface area contributed by atoms with Crippen LogP contribution in [-0.4, -0.2) is 37.9 Å². The standard InChI is InChI=1S/C19H15ClN6O2S2/c1-10-23-24-19-26(10)25-17(30-19)12-4-3-5-13(8-12)21-18(29)22-16(27)11-6-7-15(28-2)14(20)9-11/h3-9H,1-2H3,(H2,21,22,27,29). The van der Waals surface area contributed by atoms with Gasteiger partial charge in [0.1, 0.15) is 10.8 Å². The van der Waals surface area contributed by atoms with Crippen molar-refractivity contribution < 1.29 is 9.53 Å². The van der Waals surface area contributed by atoms with Gasteiger partial charge in [0.15, 0.2) is 10.9 Å². The van der Waals surface area contributed by atoms with Crippen LogP contribution in [0.2, 0.25) is 5.02 Å². The molecule has 2 heterocycles. The van der Waals surface area contributed by atoms with Crippen LogP contribution in [0.5, 0.6) is 5.75 Å². The van der Waals surface area contributed by atoms with E-state index in [-0.39, 0.29) is 11.0 Å². The lowest BCUT2D eigenvalue weighted by Crippen LogP contribution is -2.34. The summed E-state index contributed by atoms with van der Waals surface area (Å²) >= 11 is 12.8. The van der Waals surface area contributed by atoms with Crippen molar-refractivity contribution in [2.45, 2.75) is 6.92 Å². The molecule has 0 saturated carbocycles. The molecular formula is C19H15ClN6O2S2. The smallest absolute Gasteiger partial charge is 0.257 e. The minimum absolute atomic E-state index is 0.165. The summed E-state index contributed by atoms with van der Waals surface area (Å²) in [6.45, 7) is 1.85. The first-order valence-corrected chi connectivity index (χ1v) is 10.3. The molecule has 0 unspecified atom stereocenters. The van der Waals surface area contributed by atoms with Gasteiger partial charge in [-0.2, -0.15) is 9.61 Å². The van der Waals surface area contributed by atoms with Gasteiger partial charge in [0.2, 0.25) is 4.96 Å². The molecule has 8 nitrogen and oxygen atoms in total. The number of aryl methyl sites for hydroxylation is 1. The fraction of sp³-hybridized carbons (Fsp3) is 0.105. The van der Waals surface area contributed by atoms with Crippen molar-refractivity contribution in [3.05, 3.63) is 58.9 Å². The van der Waals surface area contributed by atoms with Gasteiger partial charge in [0, 0.05) is 16.8 Å². The van der Waals surface area contributed by atoms with E-state index in [9.17, 15) is 4.79 Å². The number of thiocarbonyl (C=S) groups is 1. The third-order valence-corrected chi connectivity index (χ3v) is 5.60. The summed E-state index contributed by atoms with van der Waals surface area (Å²) in [6, 6.07) is 12.3. The summed E-state index contributed by atoms with van der Waals surface area (Å²) in [5, 5.41) is 19.6. The molecule has 2 aromatic carbocycles. The van der Waals surface area contributed by atoms with E-state index in [4.69, 9.17) is 28.6 Å². The number of ether oxygens (including phenoxy) is 1. The van der Waals surface area contributed by atoms with E-state index < -0.39 is 0 Å². The zero-order valence-electron chi connectivity index (χ0n) is 15.8. The van der Waals surface area contributed by atoms with Gasteiger partial charge in [-0.3, -0.25) is 10.1 Å². The second-order valence-electron chi connectivity index (χ2n) is 6.19. The van der Waals surface area contributed by atoms with Crippen molar-refractivity contribution in [3.63, 3.8) is 0 Å². The number of nitrogens with zero attached hydrogens (tertiary/aromatic N) is 4. The molecule has 0 radical (unpaired) electrons. The summed E-state index contributed by atoms with van der Waals surface area (Å²) in [6.07, 6.45) is 0. The Morgan fingerprint density at radius 1 is 1.23 bits per heavy atom. The van der Waals surface area contributed by atoms with Crippen LogP contribution in [0.25, 0.3) is 15.5 Å². The number of carbonyl (C=O) groups excluding carboxylic acids is 1. The zero-order valence-corrected chi connectivity index (χ0v) is 18.2. The van der Waals surface area contributed by atoms with E-state index >= 15 is 0 Å². The number of nitrogens with one attached hydrogen (secondary N) is 2. The van der Waals surface area contributed by atoms with Crippen LogP contribution in [0.15, 0.2) is 42.5 Å². The molecule has 0 aliphatic carbocycles. The van der Waals surface area contributed by atoms with Gasteiger partial charge in [0.05, 0.1) is 12.1 Å². The number of benzene rings is 2. The molecule has 152 valence electrons. The quantitative estimate of drug-likeness (QED) is 0.447. The van der Waals surface area contributed by atoms with Crippen LogP contribution in [0.4, 0.5) is 5.69 Å². The molecule has 11 heteroatoms. The lowest BCUT2D eigenvalue weighted by Gasteiger charge is -2.11. The molecule has 0 bridgehead atoms. The van der Waals surface area contributed by atoms with E-state index in [1.807, 2.05) is 31.2 Å². The molecule has 0 aliphatic rings. The Morgan fingerprint density at radius 3 is 2.80 bits per heavy atom. The number of halogens is 1. The molecular weight excluding hydrogens is 444 g/mol. The summed E-state index contributed by atoms with van der Waals surface area (Å²) in [7, 11) is 1.51. The fourth-order valence-electron chi connectivity index (χ4n) is 2.71. The second-order valence-corrected chi connectivity index (χ2v) is 7.96. The molecule has 0 aliphatic heterocycles. The Balaban J connectivity index is 1.46. The monoisotopic (exact) mass is 458 g/mol. The SMILES string of the molecule is COc1ccc(C(=O)NC(=S)Nc2cccc(-c3nn4c(C)nnc4s3)c2)cc1Cl. The maximum atomic E-state index is 12.4. The molecule has 1 amide bonds. The highest BCUT2D eigenvalue weighted by Crippen LogP contribution is 2.27. The van der Waals surface area contributed by atoms with Crippen LogP contribution < -0.4 is 15.4 Å². The number of anilines is 1. The molecule has 0 atom stereocenters. The van der Waals surface area contributed by atoms with Gasteiger partial charge < -0.3 is 10.1 Å². The minimum atomic E-state index is -0.377. The normalized spacial score (nSPS) is 10.8. The van der Waals surface area contributed by atoms with E-state index in [1.165, 1.54) is 24.5 Å². The number of methoxy groups -OCH3 is 1. The van der Waals surface area contributed by atoms with Gasteiger partial charge in [-0.15, -0.1) is 10.2 Å². The summed E-state index contributed by atoms with van der Waals surface area (Å²) < 4.78 is 6.79. The topological polar surface area (TPSA) is 93.4 Å². The van der Waals surface area contributed by atoms with Crippen molar-refractivity contribution >= 4 is 56.8 Å². The van der Waals surface area contributed by atoms with E-state index in [0.29, 0.717) is 22.0 Å². The number of hydrogen-bond acceptors (Lipinski definition) is 7. The largest absolute Gasteiger partial charge is 0.495 e. The van der Waals surface area contributed by atoms with E-state index in [1.54, 1.807) is 16.6 Å². The molecule has 0 spiro atoms. The summed E-state index contributed by atoms with van der Waals surface area (Å²) in [5.74, 6) is 0.841. The fourth-order valence-corrected chi connectivity index (χ4v) is 4.06. The minimum Gasteiger partial charge on any atom is -0.495 e. The lowest BCUT2D eigenvalue weighted by molar-refractivity contribution is 0.0977. The molecule has 0 saturated heterocycles. The van der Waals surface area contributed by atoms with Gasteiger partial charge >= 0.3 is 0 Å². The third kappa shape index (κ3) is 4.11. The first-order valence-electron chi connectivity index (χ1n) is 8.70. The number of aromatic nitrogens is 4. The number of hydrogen-bond donors (Lipinski definition) is 2.